The molecule has 0 radical (unpaired) electrons. The number of pyridine rings is 1. The Bertz CT molecular complexity index is 1020. The molecular weight excluding hydrogens is 394 g/mol. The highest BCUT2D eigenvalue weighted by molar-refractivity contribution is 7.13. The maximum Gasteiger partial charge on any atom is 0.254 e. The molecule has 3 heterocycles. The van der Waals surface area contributed by atoms with Crippen LogP contribution in [0.2, 0.25) is 0 Å². The first kappa shape index (κ1) is 20.0. The summed E-state index contributed by atoms with van der Waals surface area (Å²) in [5, 5.41) is 2.06. The van der Waals surface area contributed by atoms with Gasteiger partial charge in [0, 0.05) is 48.9 Å². The van der Waals surface area contributed by atoms with Gasteiger partial charge in [-0.05, 0) is 34.7 Å². The van der Waals surface area contributed by atoms with E-state index in [9.17, 15) is 9.59 Å². The quantitative estimate of drug-likeness (QED) is 0.572. The molecule has 0 N–H and O–H groups in total. The monoisotopic (exact) mass is 417 g/mol. The fraction of sp³-hybridized carbons (Fsp3) is 0.208. The summed E-state index contributed by atoms with van der Waals surface area (Å²) >= 11 is 1.70. The summed E-state index contributed by atoms with van der Waals surface area (Å²) in [5.74, 6) is -0.171. The van der Waals surface area contributed by atoms with Crippen molar-refractivity contribution >= 4 is 23.2 Å². The molecule has 0 unspecified atom stereocenters. The molecule has 1 aliphatic heterocycles. The van der Waals surface area contributed by atoms with Gasteiger partial charge in [-0.3, -0.25) is 14.6 Å². The fourth-order valence-corrected chi connectivity index (χ4v) is 4.48. The van der Waals surface area contributed by atoms with Gasteiger partial charge in [0.25, 0.3) is 5.91 Å². The smallest absolute Gasteiger partial charge is 0.254 e. The third-order valence-electron chi connectivity index (χ3n) is 5.31. The van der Waals surface area contributed by atoms with Gasteiger partial charge >= 0.3 is 0 Å². The number of thiophene rings is 1. The van der Waals surface area contributed by atoms with Gasteiger partial charge in [0.2, 0.25) is 5.91 Å². The van der Waals surface area contributed by atoms with E-state index < -0.39 is 6.04 Å². The van der Waals surface area contributed by atoms with Gasteiger partial charge in [-0.2, -0.15) is 0 Å². The first-order valence-corrected chi connectivity index (χ1v) is 10.8. The van der Waals surface area contributed by atoms with Crippen LogP contribution in [0.3, 0.4) is 0 Å². The maximum absolute atomic E-state index is 13.2. The third kappa shape index (κ3) is 4.19. The second kappa shape index (κ2) is 9.05. The molecule has 30 heavy (non-hydrogen) atoms. The number of carbonyl (C=O) groups excluding carboxylic acids is 2. The van der Waals surface area contributed by atoms with E-state index in [1.807, 2.05) is 18.2 Å². The van der Waals surface area contributed by atoms with Gasteiger partial charge in [0.15, 0.2) is 0 Å². The Morgan fingerprint density at radius 1 is 1.13 bits per heavy atom. The van der Waals surface area contributed by atoms with Gasteiger partial charge < -0.3 is 9.80 Å². The Kier molecular flexibility index (Phi) is 6.05. The minimum Gasteiger partial charge on any atom is -0.335 e. The molecule has 1 atom stereocenters. The Morgan fingerprint density at radius 3 is 2.57 bits per heavy atom. The topological polar surface area (TPSA) is 53.5 Å². The minimum absolute atomic E-state index is 0.0362. The van der Waals surface area contributed by atoms with E-state index in [1.54, 1.807) is 51.7 Å². The van der Waals surface area contributed by atoms with E-state index in [4.69, 9.17) is 0 Å². The van der Waals surface area contributed by atoms with Crippen molar-refractivity contribution in [1.29, 1.82) is 0 Å². The van der Waals surface area contributed by atoms with Crippen molar-refractivity contribution < 1.29 is 9.59 Å². The molecule has 0 aliphatic carbocycles. The number of amides is 2. The average Bonchev–Trinajstić information content (AvgIpc) is 3.32. The van der Waals surface area contributed by atoms with E-state index >= 15 is 0 Å². The van der Waals surface area contributed by atoms with Crippen LogP contribution in [-0.4, -0.2) is 52.3 Å². The number of hydrogen-bond acceptors (Lipinski definition) is 4. The Labute approximate surface area is 180 Å². The first-order chi connectivity index (χ1) is 14.7. The van der Waals surface area contributed by atoms with E-state index in [0.717, 1.165) is 11.1 Å². The fourth-order valence-electron chi connectivity index (χ4n) is 3.75. The summed E-state index contributed by atoms with van der Waals surface area (Å²) in [7, 11) is 0. The van der Waals surface area contributed by atoms with Gasteiger partial charge in [0.1, 0.15) is 6.04 Å². The molecule has 4 rings (SSSR count). The summed E-state index contributed by atoms with van der Waals surface area (Å²) in [5.41, 5.74) is 2.73. The lowest BCUT2D eigenvalue weighted by Gasteiger charge is -2.40. The summed E-state index contributed by atoms with van der Waals surface area (Å²) in [4.78, 5) is 35.0. The van der Waals surface area contributed by atoms with Crippen molar-refractivity contribution in [3.05, 3.63) is 90.1 Å². The maximum atomic E-state index is 13.2. The summed E-state index contributed by atoms with van der Waals surface area (Å²) in [6.45, 7) is 5.25. The highest BCUT2D eigenvalue weighted by Crippen LogP contribution is 2.26. The number of piperazine rings is 1. The van der Waals surface area contributed by atoms with Gasteiger partial charge in [-0.25, -0.2) is 0 Å². The molecule has 152 valence electrons. The van der Waals surface area contributed by atoms with Crippen molar-refractivity contribution in [2.75, 3.05) is 19.6 Å². The lowest BCUT2D eigenvalue weighted by atomic mass is 9.99. The molecule has 5 nitrogen and oxygen atoms in total. The van der Waals surface area contributed by atoms with Crippen molar-refractivity contribution in [2.24, 2.45) is 0 Å². The van der Waals surface area contributed by atoms with Crippen molar-refractivity contribution in [2.45, 2.75) is 12.5 Å². The van der Waals surface area contributed by atoms with Crippen LogP contribution in [-0.2, 0) is 11.2 Å². The Hall–Kier alpha value is -3.25. The van der Waals surface area contributed by atoms with Crippen molar-refractivity contribution in [3.8, 4) is 10.4 Å². The molecule has 0 spiro atoms. The summed E-state index contributed by atoms with van der Waals surface area (Å²) in [6, 6.07) is 15.2. The van der Waals surface area contributed by atoms with Crippen molar-refractivity contribution in [3.63, 3.8) is 0 Å². The van der Waals surface area contributed by atoms with Crippen LogP contribution < -0.4 is 0 Å². The van der Waals surface area contributed by atoms with Crippen LogP contribution in [0.15, 0.2) is 79.0 Å². The number of carbonyl (C=O) groups is 2. The van der Waals surface area contributed by atoms with Crippen LogP contribution >= 0.6 is 11.3 Å². The number of hydrogen-bond donors (Lipinski definition) is 0. The Morgan fingerprint density at radius 2 is 1.90 bits per heavy atom. The minimum atomic E-state index is -0.535. The number of rotatable bonds is 6. The molecule has 1 fully saturated rings. The molecule has 1 saturated heterocycles. The zero-order valence-electron chi connectivity index (χ0n) is 16.6. The molecule has 1 aliphatic rings. The highest BCUT2D eigenvalue weighted by Gasteiger charge is 2.37. The molecule has 0 saturated carbocycles. The zero-order valence-corrected chi connectivity index (χ0v) is 17.4. The zero-order chi connectivity index (χ0) is 20.9. The van der Waals surface area contributed by atoms with Crippen LogP contribution in [0.1, 0.15) is 15.9 Å². The second-order valence-corrected chi connectivity index (χ2v) is 8.15. The number of nitrogens with zero attached hydrogens (tertiary/aromatic N) is 3. The molecule has 6 heteroatoms. The normalized spacial score (nSPS) is 16.5. The summed E-state index contributed by atoms with van der Waals surface area (Å²) in [6.07, 6.45) is 5.40. The van der Waals surface area contributed by atoms with Gasteiger partial charge in [-0.15, -0.1) is 17.9 Å². The van der Waals surface area contributed by atoms with Crippen LogP contribution in [0, 0.1) is 0 Å². The van der Waals surface area contributed by atoms with E-state index in [0.29, 0.717) is 31.6 Å². The SMILES string of the molecule is C=CCN1CCN(C(=O)c2ccncc2)[C@H](Cc2ccc(-c3cccs3)cc2)C1=O. The molecular formula is C24H23N3O2S. The molecule has 3 aromatic rings. The van der Waals surface area contributed by atoms with Crippen LogP contribution in [0.5, 0.6) is 0 Å². The average molecular weight is 418 g/mol. The third-order valence-corrected chi connectivity index (χ3v) is 6.23. The molecule has 0 bridgehead atoms. The highest BCUT2D eigenvalue weighted by atomic mass is 32.1. The molecule has 2 aromatic heterocycles. The lowest BCUT2D eigenvalue weighted by Crippen LogP contribution is -2.59. The number of aromatic nitrogens is 1. The standard InChI is InChI=1S/C24H23N3O2S/c1-2-13-26-14-15-27(23(28)20-9-11-25-12-10-20)21(24(26)29)17-18-5-7-19(8-6-18)22-4-3-16-30-22/h2-12,16,21H,1,13-15,17H2/t21-/m1/s1. The van der Waals surface area contributed by atoms with E-state index in [2.05, 4.69) is 35.1 Å². The molecule has 2 amide bonds. The van der Waals surface area contributed by atoms with Gasteiger partial charge in [-0.1, -0.05) is 36.4 Å². The van der Waals surface area contributed by atoms with Crippen LogP contribution in [0.25, 0.3) is 10.4 Å². The van der Waals surface area contributed by atoms with Crippen molar-refractivity contribution in [1.82, 2.24) is 14.8 Å². The Balaban J connectivity index is 1.58. The predicted octanol–water partition coefficient (Wildman–Crippen LogP) is 3.89. The summed E-state index contributed by atoms with van der Waals surface area (Å²) < 4.78 is 0. The largest absolute Gasteiger partial charge is 0.335 e. The predicted molar refractivity (Wildman–Crippen MR) is 119 cm³/mol. The lowest BCUT2D eigenvalue weighted by molar-refractivity contribution is -0.139. The molecule has 1 aromatic carbocycles. The van der Waals surface area contributed by atoms with E-state index in [-0.39, 0.29) is 11.8 Å². The number of benzene rings is 1. The van der Waals surface area contributed by atoms with Crippen LogP contribution in [0.4, 0.5) is 0 Å². The first-order valence-electron chi connectivity index (χ1n) is 9.91. The van der Waals surface area contributed by atoms with E-state index in [1.165, 1.54) is 4.88 Å². The second-order valence-electron chi connectivity index (χ2n) is 7.20. The van der Waals surface area contributed by atoms with Gasteiger partial charge in [0.05, 0.1) is 0 Å².